The molecule has 0 aromatic heterocycles. The number of rotatable bonds is 8. The number of aryl methyl sites for hydroxylation is 1. The summed E-state index contributed by atoms with van der Waals surface area (Å²) in [6.07, 6.45) is 0.440. The van der Waals surface area contributed by atoms with E-state index < -0.39 is 10.0 Å². The van der Waals surface area contributed by atoms with Gasteiger partial charge in [0.25, 0.3) is 0 Å². The van der Waals surface area contributed by atoms with Crippen molar-refractivity contribution in [1.82, 2.24) is 4.72 Å². The molecule has 124 valence electrons. The van der Waals surface area contributed by atoms with Crippen molar-refractivity contribution >= 4 is 10.0 Å². The van der Waals surface area contributed by atoms with Gasteiger partial charge in [-0.25, -0.2) is 13.1 Å². The topological polar surface area (TPSA) is 64.6 Å². The normalized spacial score (nSPS) is 11.2. The van der Waals surface area contributed by atoms with Crippen LogP contribution in [0.3, 0.4) is 0 Å². The lowest BCUT2D eigenvalue weighted by Gasteiger charge is -2.08. The van der Waals surface area contributed by atoms with Crippen molar-refractivity contribution in [2.75, 3.05) is 20.0 Å². The van der Waals surface area contributed by atoms with Crippen molar-refractivity contribution in [1.29, 1.82) is 0 Å². The summed E-state index contributed by atoms with van der Waals surface area (Å²) in [6.45, 7) is 0.268. The van der Waals surface area contributed by atoms with Crippen LogP contribution in [0.15, 0.2) is 48.5 Å². The van der Waals surface area contributed by atoms with E-state index in [1.54, 1.807) is 26.4 Å². The molecule has 0 saturated heterocycles. The Hall–Kier alpha value is -2.05. The maximum Gasteiger partial charge on any atom is 0.212 e. The molecular weight excluding hydrogens is 314 g/mol. The Balaban J connectivity index is 1.88. The van der Waals surface area contributed by atoms with Crippen LogP contribution in [0.5, 0.6) is 11.5 Å². The molecule has 0 saturated carbocycles. The molecule has 0 amide bonds. The Morgan fingerprint density at radius 1 is 0.913 bits per heavy atom. The van der Waals surface area contributed by atoms with Crippen molar-refractivity contribution in [3.05, 3.63) is 59.7 Å². The first-order chi connectivity index (χ1) is 11.0. The second kappa shape index (κ2) is 7.99. The van der Waals surface area contributed by atoms with Gasteiger partial charge >= 0.3 is 0 Å². The van der Waals surface area contributed by atoms with Crippen molar-refractivity contribution in [2.24, 2.45) is 0 Å². The fraction of sp³-hybridized carbons (Fsp3) is 0.294. The van der Waals surface area contributed by atoms with Crippen LogP contribution in [0.2, 0.25) is 0 Å². The van der Waals surface area contributed by atoms with E-state index >= 15 is 0 Å². The Kier molecular flexibility index (Phi) is 6.01. The Labute approximate surface area is 137 Å². The zero-order valence-corrected chi connectivity index (χ0v) is 14.1. The largest absolute Gasteiger partial charge is 0.497 e. The molecule has 0 aliphatic carbocycles. The second-order valence-electron chi connectivity index (χ2n) is 5.09. The van der Waals surface area contributed by atoms with Crippen LogP contribution in [-0.2, 0) is 23.0 Å². The highest BCUT2D eigenvalue weighted by Crippen LogP contribution is 2.14. The molecule has 2 aromatic carbocycles. The Bertz CT molecular complexity index is 727. The fourth-order valence-electron chi connectivity index (χ4n) is 2.09. The average Bonchev–Trinajstić information content (AvgIpc) is 2.59. The van der Waals surface area contributed by atoms with Gasteiger partial charge in [0, 0.05) is 6.54 Å². The SMILES string of the molecule is COc1ccc(CNS(=O)(=O)CCc2cccc(OC)c2)cc1. The summed E-state index contributed by atoms with van der Waals surface area (Å²) in [5.41, 5.74) is 1.81. The summed E-state index contributed by atoms with van der Waals surface area (Å²) in [5.74, 6) is 1.51. The molecule has 0 radical (unpaired) electrons. The first-order valence-corrected chi connectivity index (χ1v) is 8.91. The molecule has 23 heavy (non-hydrogen) atoms. The van der Waals surface area contributed by atoms with E-state index in [0.717, 1.165) is 22.6 Å². The summed E-state index contributed by atoms with van der Waals surface area (Å²) >= 11 is 0. The highest BCUT2D eigenvalue weighted by Gasteiger charge is 2.10. The van der Waals surface area contributed by atoms with Crippen LogP contribution in [0.25, 0.3) is 0 Å². The van der Waals surface area contributed by atoms with Gasteiger partial charge in [-0.05, 0) is 41.8 Å². The quantitative estimate of drug-likeness (QED) is 0.804. The molecule has 0 aliphatic heterocycles. The van der Waals surface area contributed by atoms with Crippen LogP contribution in [0.4, 0.5) is 0 Å². The van der Waals surface area contributed by atoms with E-state index in [1.165, 1.54) is 0 Å². The fourth-order valence-corrected chi connectivity index (χ4v) is 3.12. The summed E-state index contributed by atoms with van der Waals surface area (Å²) in [4.78, 5) is 0. The van der Waals surface area contributed by atoms with Gasteiger partial charge in [-0.2, -0.15) is 0 Å². The van der Waals surface area contributed by atoms with Gasteiger partial charge in [0.05, 0.1) is 20.0 Å². The summed E-state index contributed by atoms with van der Waals surface area (Å²) in [7, 11) is -0.152. The lowest BCUT2D eigenvalue weighted by molar-refractivity contribution is 0.414. The molecule has 0 atom stereocenters. The Morgan fingerprint density at radius 2 is 1.61 bits per heavy atom. The Morgan fingerprint density at radius 3 is 2.26 bits per heavy atom. The maximum absolute atomic E-state index is 12.1. The van der Waals surface area contributed by atoms with Gasteiger partial charge in [0.1, 0.15) is 11.5 Å². The zero-order chi connectivity index (χ0) is 16.7. The van der Waals surface area contributed by atoms with Crippen LogP contribution in [0.1, 0.15) is 11.1 Å². The minimum atomic E-state index is -3.34. The molecule has 5 nitrogen and oxygen atoms in total. The van der Waals surface area contributed by atoms with E-state index in [0.29, 0.717) is 6.42 Å². The van der Waals surface area contributed by atoms with Gasteiger partial charge in [0.15, 0.2) is 0 Å². The number of benzene rings is 2. The number of methoxy groups -OCH3 is 2. The molecule has 0 unspecified atom stereocenters. The third kappa shape index (κ3) is 5.58. The van der Waals surface area contributed by atoms with Gasteiger partial charge in [-0.1, -0.05) is 24.3 Å². The molecule has 2 aromatic rings. The first-order valence-electron chi connectivity index (χ1n) is 7.25. The van der Waals surface area contributed by atoms with Gasteiger partial charge in [-0.15, -0.1) is 0 Å². The summed E-state index contributed by atoms with van der Waals surface area (Å²) in [6, 6.07) is 14.7. The molecule has 2 rings (SSSR count). The standard InChI is InChI=1S/C17H21NO4S/c1-21-16-8-6-15(7-9-16)13-18-23(19,20)11-10-14-4-3-5-17(12-14)22-2/h3-9,12,18H,10-11,13H2,1-2H3. The number of sulfonamides is 1. The van der Waals surface area contributed by atoms with E-state index in [4.69, 9.17) is 9.47 Å². The maximum atomic E-state index is 12.1. The molecule has 1 N–H and O–H groups in total. The van der Waals surface area contributed by atoms with Crippen molar-refractivity contribution in [2.45, 2.75) is 13.0 Å². The number of hydrogen-bond donors (Lipinski definition) is 1. The predicted molar refractivity (Wildman–Crippen MR) is 90.3 cm³/mol. The third-order valence-corrected chi connectivity index (χ3v) is 4.77. The van der Waals surface area contributed by atoms with Crippen molar-refractivity contribution in [3.8, 4) is 11.5 Å². The minimum Gasteiger partial charge on any atom is -0.497 e. The lowest BCUT2D eigenvalue weighted by Crippen LogP contribution is -2.26. The molecule has 0 fully saturated rings. The predicted octanol–water partition coefficient (Wildman–Crippen LogP) is 2.37. The van der Waals surface area contributed by atoms with E-state index in [2.05, 4.69) is 4.72 Å². The van der Waals surface area contributed by atoms with Crippen molar-refractivity contribution < 1.29 is 17.9 Å². The van der Waals surface area contributed by atoms with Gasteiger partial charge < -0.3 is 9.47 Å². The van der Waals surface area contributed by atoms with Crippen LogP contribution < -0.4 is 14.2 Å². The monoisotopic (exact) mass is 335 g/mol. The molecule has 0 bridgehead atoms. The summed E-state index contributed by atoms with van der Waals surface area (Å²) < 4.78 is 37.0. The third-order valence-electron chi connectivity index (χ3n) is 3.45. The average molecular weight is 335 g/mol. The van der Waals surface area contributed by atoms with Crippen LogP contribution >= 0.6 is 0 Å². The molecular formula is C17H21NO4S. The smallest absolute Gasteiger partial charge is 0.212 e. The molecule has 0 aliphatic rings. The lowest BCUT2D eigenvalue weighted by atomic mass is 10.2. The molecule has 0 heterocycles. The van der Waals surface area contributed by atoms with Gasteiger partial charge in [-0.3, -0.25) is 0 Å². The molecule has 6 heteroatoms. The molecule has 0 spiro atoms. The number of nitrogens with one attached hydrogen (secondary N) is 1. The minimum absolute atomic E-state index is 0.0380. The van der Waals surface area contributed by atoms with E-state index in [-0.39, 0.29) is 12.3 Å². The van der Waals surface area contributed by atoms with E-state index in [1.807, 2.05) is 36.4 Å². The van der Waals surface area contributed by atoms with Crippen LogP contribution in [0, 0.1) is 0 Å². The summed E-state index contributed by atoms with van der Waals surface area (Å²) in [5, 5.41) is 0. The van der Waals surface area contributed by atoms with Crippen molar-refractivity contribution in [3.63, 3.8) is 0 Å². The number of hydrogen-bond acceptors (Lipinski definition) is 4. The highest BCUT2D eigenvalue weighted by molar-refractivity contribution is 7.89. The second-order valence-corrected chi connectivity index (χ2v) is 7.02. The first kappa shape index (κ1) is 17.3. The van der Waals surface area contributed by atoms with Gasteiger partial charge in [0.2, 0.25) is 10.0 Å². The number of ether oxygens (including phenoxy) is 2. The zero-order valence-electron chi connectivity index (χ0n) is 13.3. The highest BCUT2D eigenvalue weighted by atomic mass is 32.2. The van der Waals surface area contributed by atoms with E-state index in [9.17, 15) is 8.42 Å². The van der Waals surface area contributed by atoms with Crippen LogP contribution in [-0.4, -0.2) is 28.4 Å².